The van der Waals surface area contributed by atoms with E-state index in [4.69, 9.17) is 15.3 Å². The number of nitriles is 2. The number of rotatable bonds is 24. The van der Waals surface area contributed by atoms with E-state index in [2.05, 4.69) is 21.0 Å². The van der Waals surface area contributed by atoms with Crippen LogP contribution in [0.5, 0.6) is 0 Å². The van der Waals surface area contributed by atoms with Gasteiger partial charge < -0.3 is 14.3 Å². The number of nitrogens with zero attached hydrogens (tertiary/aromatic N) is 3. The minimum absolute atomic E-state index is 0.389. The highest BCUT2D eigenvalue weighted by atomic mass is 16.6. The second kappa shape index (κ2) is 22.6. The summed E-state index contributed by atoms with van der Waals surface area (Å²) in [6.07, 6.45) is 23.0. The number of unbranched alkanes of at least 4 members (excludes halogenated alkanes) is 16. The van der Waals surface area contributed by atoms with Gasteiger partial charge in [0.05, 0.1) is 45.9 Å². The maximum atomic E-state index is 9.61. The van der Waals surface area contributed by atoms with Crippen molar-refractivity contribution in [3.63, 3.8) is 0 Å². The van der Waals surface area contributed by atoms with Crippen LogP contribution in [0.3, 0.4) is 0 Å². The maximum Gasteiger partial charge on any atom is 0.183 e. The molecule has 0 aromatic rings. The van der Waals surface area contributed by atoms with Crippen molar-refractivity contribution in [2.75, 3.05) is 33.8 Å². The van der Waals surface area contributed by atoms with Crippen molar-refractivity contribution in [1.29, 1.82) is 10.5 Å². The zero-order valence-corrected chi connectivity index (χ0v) is 22.2. The molecule has 0 aliphatic heterocycles. The number of hydrogen-bond donors (Lipinski definition) is 1. The third kappa shape index (κ3) is 21.2. The van der Waals surface area contributed by atoms with Crippen molar-refractivity contribution in [3.8, 4) is 12.1 Å². The minimum Gasteiger partial charge on any atom is -0.366 e. The van der Waals surface area contributed by atoms with Crippen LogP contribution >= 0.6 is 0 Å². The fraction of sp³-hybridized carbons (Fsp3) is 0.929. The second-order valence-electron chi connectivity index (χ2n) is 10.4. The molecule has 0 aromatic carbocycles. The second-order valence-corrected chi connectivity index (χ2v) is 10.4. The zero-order chi connectivity index (χ0) is 24.6. The van der Waals surface area contributed by atoms with E-state index < -0.39 is 12.2 Å². The summed E-state index contributed by atoms with van der Waals surface area (Å²) in [6.45, 7) is 4.95. The molecule has 33 heavy (non-hydrogen) atoms. The predicted molar refractivity (Wildman–Crippen MR) is 137 cm³/mol. The lowest BCUT2D eigenvalue weighted by atomic mass is 10.0. The SMILES string of the molecule is CCCCCCCCCCCCCCCCCC[N+](C)(C)CCCCOC(O)C(C#N)C#N. The first-order valence-electron chi connectivity index (χ1n) is 13.9. The molecule has 0 aromatic heterocycles. The van der Waals surface area contributed by atoms with Gasteiger partial charge in [-0.2, -0.15) is 10.5 Å². The van der Waals surface area contributed by atoms with Crippen LogP contribution in [0, 0.1) is 28.6 Å². The Kier molecular flexibility index (Phi) is 21.9. The van der Waals surface area contributed by atoms with E-state index in [1.54, 1.807) is 12.1 Å². The molecule has 0 saturated heterocycles. The average molecular weight is 465 g/mol. The van der Waals surface area contributed by atoms with Gasteiger partial charge in [-0.3, -0.25) is 0 Å². The molecule has 0 rings (SSSR count). The Hall–Kier alpha value is -1.14. The van der Waals surface area contributed by atoms with Crippen molar-refractivity contribution in [1.82, 2.24) is 0 Å². The monoisotopic (exact) mass is 464 g/mol. The fourth-order valence-corrected chi connectivity index (χ4v) is 4.30. The van der Waals surface area contributed by atoms with Gasteiger partial charge in [-0.05, 0) is 25.7 Å². The first-order chi connectivity index (χ1) is 16.0. The van der Waals surface area contributed by atoms with Crippen molar-refractivity contribution in [2.45, 2.75) is 129 Å². The summed E-state index contributed by atoms with van der Waals surface area (Å²) in [5, 5.41) is 27.1. The highest BCUT2D eigenvalue weighted by Crippen LogP contribution is 2.14. The summed E-state index contributed by atoms with van der Waals surface area (Å²) >= 11 is 0. The van der Waals surface area contributed by atoms with Gasteiger partial charge in [0.2, 0.25) is 0 Å². The molecule has 0 bridgehead atoms. The van der Waals surface area contributed by atoms with E-state index in [1.807, 2.05) is 0 Å². The van der Waals surface area contributed by atoms with Crippen LogP contribution in [-0.4, -0.2) is 49.7 Å². The molecule has 0 amide bonds. The molecule has 0 fully saturated rings. The van der Waals surface area contributed by atoms with Crippen molar-refractivity contribution in [2.24, 2.45) is 5.92 Å². The molecule has 1 unspecified atom stereocenters. The summed E-state index contributed by atoms with van der Waals surface area (Å²) in [5.74, 6) is -1.10. The van der Waals surface area contributed by atoms with Gasteiger partial charge in [0.1, 0.15) is 0 Å². The Balaban J connectivity index is 3.43. The topological polar surface area (TPSA) is 77.0 Å². The Morgan fingerprint density at radius 2 is 1.00 bits per heavy atom. The first-order valence-corrected chi connectivity index (χ1v) is 13.9. The molecule has 1 N–H and O–H groups in total. The van der Waals surface area contributed by atoms with Crippen LogP contribution in [0.1, 0.15) is 122 Å². The van der Waals surface area contributed by atoms with E-state index in [-0.39, 0.29) is 0 Å². The largest absolute Gasteiger partial charge is 0.366 e. The lowest BCUT2D eigenvalue weighted by Crippen LogP contribution is -2.41. The molecular formula is C28H54N3O2+. The smallest absolute Gasteiger partial charge is 0.183 e. The highest BCUT2D eigenvalue weighted by molar-refractivity contribution is 5.00. The number of ether oxygens (including phenoxy) is 1. The Morgan fingerprint density at radius 3 is 1.39 bits per heavy atom. The molecule has 5 heteroatoms. The van der Waals surface area contributed by atoms with Crippen molar-refractivity contribution >= 4 is 0 Å². The van der Waals surface area contributed by atoms with E-state index in [1.165, 1.54) is 109 Å². The lowest BCUT2D eigenvalue weighted by molar-refractivity contribution is -0.890. The summed E-state index contributed by atoms with van der Waals surface area (Å²) in [5.41, 5.74) is 0. The molecule has 0 heterocycles. The maximum absolute atomic E-state index is 9.61. The molecule has 1 atom stereocenters. The number of aliphatic hydroxyl groups is 1. The van der Waals surface area contributed by atoms with E-state index >= 15 is 0 Å². The molecule has 5 nitrogen and oxygen atoms in total. The fourth-order valence-electron chi connectivity index (χ4n) is 4.30. The van der Waals surface area contributed by atoms with Gasteiger partial charge >= 0.3 is 0 Å². The van der Waals surface area contributed by atoms with Gasteiger partial charge in [0.15, 0.2) is 12.2 Å². The van der Waals surface area contributed by atoms with Crippen LogP contribution < -0.4 is 0 Å². The van der Waals surface area contributed by atoms with Crippen LogP contribution in [0.15, 0.2) is 0 Å². The molecule has 0 spiro atoms. The number of quaternary nitrogens is 1. The molecule has 192 valence electrons. The molecular weight excluding hydrogens is 410 g/mol. The summed E-state index contributed by atoms with van der Waals surface area (Å²) in [7, 11) is 4.56. The number of hydrogen-bond acceptors (Lipinski definition) is 4. The Morgan fingerprint density at radius 1 is 0.636 bits per heavy atom. The van der Waals surface area contributed by atoms with E-state index in [0.717, 1.165) is 23.9 Å². The summed E-state index contributed by atoms with van der Waals surface area (Å²) in [6, 6.07) is 3.48. The molecule has 0 saturated carbocycles. The van der Waals surface area contributed by atoms with Gasteiger partial charge in [-0.25, -0.2) is 0 Å². The van der Waals surface area contributed by atoms with Crippen molar-refractivity contribution in [3.05, 3.63) is 0 Å². The van der Waals surface area contributed by atoms with Crippen LogP contribution in [0.2, 0.25) is 0 Å². The predicted octanol–water partition coefficient (Wildman–Crippen LogP) is 7.10. The standard InChI is InChI=1S/C28H54N3O2/c1-4-5-6-7-8-9-10-11-12-13-14-15-16-17-18-19-22-31(2,3)23-20-21-24-33-28(32)27(25-29)26-30/h27-28,32H,4-24H2,1-3H3/q+1. The first kappa shape index (κ1) is 31.9. The quantitative estimate of drug-likeness (QED) is 0.0938. The Bertz CT molecular complexity index is 496. The molecule has 0 aliphatic rings. The zero-order valence-electron chi connectivity index (χ0n) is 22.2. The average Bonchev–Trinajstić information content (AvgIpc) is 2.79. The normalized spacial score (nSPS) is 12.6. The van der Waals surface area contributed by atoms with E-state index in [9.17, 15) is 5.11 Å². The van der Waals surface area contributed by atoms with Gasteiger partial charge in [0.25, 0.3) is 0 Å². The Labute approximate surface area is 205 Å². The van der Waals surface area contributed by atoms with Crippen LogP contribution in [0.4, 0.5) is 0 Å². The van der Waals surface area contributed by atoms with Gasteiger partial charge in [-0.15, -0.1) is 0 Å². The van der Waals surface area contributed by atoms with Gasteiger partial charge in [-0.1, -0.05) is 96.8 Å². The third-order valence-corrected chi connectivity index (χ3v) is 6.63. The third-order valence-electron chi connectivity index (χ3n) is 6.63. The minimum atomic E-state index is -1.30. The molecule has 0 radical (unpaired) electrons. The summed E-state index contributed by atoms with van der Waals surface area (Å²) < 4.78 is 6.21. The van der Waals surface area contributed by atoms with Crippen LogP contribution in [0.25, 0.3) is 0 Å². The van der Waals surface area contributed by atoms with Crippen LogP contribution in [-0.2, 0) is 4.74 Å². The lowest BCUT2D eigenvalue weighted by Gasteiger charge is -2.30. The van der Waals surface area contributed by atoms with E-state index in [0.29, 0.717) is 6.61 Å². The number of aliphatic hydroxyl groups excluding tert-OH is 1. The van der Waals surface area contributed by atoms with Crippen molar-refractivity contribution < 1.29 is 14.3 Å². The van der Waals surface area contributed by atoms with Gasteiger partial charge in [0, 0.05) is 0 Å². The molecule has 0 aliphatic carbocycles. The highest BCUT2D eigenvalue weighted by Gasteiger charge is 2.19. The summed E-state index contributed by atoms with van der Waals surface area (Å²) in [4.78, 5) is 0.